The van der Waals surface area contributed by atoms with Gasteiger partial charge in [-0.1, -0.05) is 20.8 Å². The summed E-state index contributed by atoms with van der Waals surface area (Å²) in [5.74, 6) is 0. The average Bonchev–Trinajstić information content (AvgIpc) is 2.68. The molecule has 0 aliphatic heterocycles. The summed E-state index contributed by atoms with van der Waals surface area (Å²) in [5.41, 5.74) is 1.14. The van der Waals surface area contributed by atoms with Crippen LogP contribution < -0.4 is 5.32 Å². The van der Waals surface area contributed by atoms with Crippen LogP contribution in [0.1, 0.15) is 70.1 Å². The van der Waals surface area contributed by atoms with Gasteiger partial charge in [0.25, 0.3) is 0 Å². The van der Waals surface area contributed by atoms with Crippen LogP contribution in [0.15, 0.2) is 0 Å². The highest BCUT2D eigenvalue weighted by Gasteiger charge is 2.24. The van der Waals surface area contributed by atoms with Crippen LogP contribution in [-0.2, 0) is 10.2 Å². The number of ether oxygens (including phenoxy) is 1. The third-order valence-electron chi connectivity index (χ3n) is 3.24. The number of nitrogens with zero attached hydrogens (tertiary/aromatic N) is 1. The first-order chi connectivity index (χ1) is 9.07. The second kappa shape index (κ2) is 6.54. The molecule has 0 amide bonds. The lowest BCUT2D eigenvalue weighted by Crippen LogP contribution is -2.38. The predicted octanol–water partition coefficient (Wildman–Crippen LogP) is 4.21. The van der Waals surface area contributed by atoms with E-state index in [1.54, 1.807) is 0 Å². The molecule has 0 saturated carbocycles. The number of hydrogen-bond acceptors (Lipinski definition) is 4. The molecule has 0 bridgehead atoms. The molecule has 0 saturated heterocycles. The van der Waals surface area contributed by atoms with E-state index in [2.05, 4.69) is 53.8 Å². The van der Waals surface area contributed by atoms with Gasteiger partial charge in [0.05, 0.1) is 16.3 Å². The van der Waals surface area contributed by atoms with E-state index in [0.717, 1.165) is 18.8 Å². The third-order valence-corrected chi connectivity index (χ3v) is 5.00. The molecule has 1 rings (SSSR count). The first-order valence-corrected chi connectivity index (χ1v) is 8.23. The summed E-state index contributed by atoms with van der Waals surface area (Å²) < 4.78 is 5.73. The Morgan fingerprint density at radius 3 is 2.30 bits per heavy atom. The van der Waals surface area contributed by atoms with Crippen LogP contribution in [0.4, 0.5) is 0 Å². The van der Waals surface area contributed by atoms with Gasteiger partial charge in [-0.3, -0.25) is 0 Å². The molecule has 1 heterocycles. The minimum atomic E-state index is -0.130. The Morgan fingerprint density at radius 2 is 1.85 bits per heavy atom. The van der Waals surface area contributed by atoms with Crippen molar-refractivity contribution in [1.29, 1.82) is 0 Å². The van der Waals surface area contributed by atoms with E-state index < -0.39 is 0 Å². The van der Waals surface area contributed by atoms with Crippen molar-refractivity contribution in [3.63, 3.8) is 0 Å². The average molecular weight is 298 g/mol. The molecule has 20 heavy (non-hydrogen) atoms. The fraction of sp³-hybridized carbons (Fsp3) is 0.812. The van der Waals surface area contributed by atoms with Gasteiger partial charge in [0.2, 0.25) is 0 Å². The van der Waals surface area contributed by atoms with Gasteiger partial charge in [-0.15, -0.1) is 11.3 Å². The zero-order chi connectivity index (χ0) is 15.6. The molecule has 1 atom stereocenters. The zero-order valence-corrected chi connectivity index (χ0v) is 15.1. The highest BCUT2D eigenvalue weighted by Crippen LogP contribution is 2.32. The van der Waals surface area contributed by atoms with E-state index in [4.69, 9.17) is 9.72 Å². The van der Waals surface area contributed by atoms with Crippen LogP contribution in [0.5, 0.6) is 0 Å². The summed E-state index contributed by atoms with van der Waals surface area (Å²) in [7, 11) is 0. The van der Waals surface area contributed by atoms with Crippen molar-refractivity contribution in [3.05, 3.63) is 15.6 Å². The first-order valence-electron chi connectivity index (χ1n) is 7.42. The van der Waals surface area contributed by atoms with E-state index in [9.17, 15) is 0 Å². The second-order valence-corrected chi connectivity index (χ2v) is 8.04. The molecule has 116 valence electrons. The molecule has 0 aliphatic rings. The summed E-state index contributed by atoms with van der Waals surface area (Å²) in [6.07, 6.45) is 0. The number of hydrogen-bond donors (Lipinski definition) is 1. The minimum Gasteiger partial charge on any atom is -0.375 e. The number of aryl methyl sites for hydroxylation is 1. The summed E-state index contributed by atoms with van der Waals surface area (Å²) >= 11 is 1.82. The van der Waals surface area contributed by atoms with Gasteiger partial charge in [0, 0.05) is 29.5 Å². The maximum absolute atomic E-state index is 5.73. The molecular formula is C16H30N2OS. The Labute approximate surface area is 128 Å². The molecule has 1 aromatic heterocycles. The maximum atomic E-state index is 5.73. The Hall–Kier alpha value is -0.450. The summed E-state index contributed by atoms with van der Waals surface area (Å²) in [6.45, 7) is 18.8. The van der Waals surface area contributed by atoms with Crippen LogP contribution in [0, 0.1) is 6.92 Å². The fourth-order valence-electron chi connectivity index (χ4n) is 2.06. The van der Waals surface area contributed by atoms with Gasteiger partial charge in [-0.2, -0.15) is 0 Å². The predicted molar refractivity (Wildman–Crippen MR) is 87.7 cm³/mol. The van der Waals surface area contributed by atoms with Crippen molar-refractivity contribution in [2.75, 3.05) is 13.2 Å². The Balaban J connectivity index is 2.73. The molecule has 0 fully saturated rings. The topological polar surface area (TPSA) is 34.1 Å². The summed E-state index contributed by atoms with van der Waals surface area (Å²) in [6, 6.07) is 0.309. The van der Waals surface area contributed by atoms with Crippen LogP contribution in [-0.4, -0.2) is 23.7 Å². The van der Waals surface area contributed by atoms with E-state index in [0.29, 0.717) is 6.04 Å². The monoisotopic (exact) mass is 298 g/mol. The van der Waals surface area contributed by atoms with Crippen LogP contribution in [0.25, 0.3) is 0 Å². The van der Waals surface area contributed by atoms with Crippen LogP contribution >= 0.6 is 11.3 Å². The van der Waals surface area contributed by atoms with Gasteiger partial charge in [-0.05, 0) is 34.6 Å². The molecule has 0 radical (unpaired) electrons. The van der Waals surface area contributed by atoms with Gasteiger partial charge >= 0.3 is 0 Å². The van der Waals surface area contributed by atoms with Crippen molar-refractivity contribution < 1.29 is 4.74 Å². The van der Waals surface area contributed by atoms with Crippen molar-refractivity contribution in [2.45, 2.75) is 72.4 Å². The normalized spacial score (nSPS) is 14.6. The molecule has 1 aromatic rings. The van der Waals surface area contributed by atoms with Gasteiger partial charge in [0.15, 0.2) is 0 Å². The third kappa shape index (κ3) is 4.83. The quantitative estimate of drug-likeness (QED) is 0.854. The lowest BCUT2D eigenvalue weighted by atomic mass is 9.98. The highest BCUT2D eigenvalue weighted by molar-refractivity contribution is 7.12. The number of rotatable bonds is 6. The van der Waals surface area contributed by atoms with E-state index >= 15 is 0 Å². The minimum absolute atomic E-state index is 0.123. The molecule has 0 aliphatic carbocycles. The molecule has 1 unspecified atom stereocenters. The Kier molecular flexibility index (Phi) is 5.76. The number of nitrogens with one attached hydrogen (secondary N) is 1. The number of thiazole rings is 1. The first kappa shape index (κ1) is 17.6. The zero-order valence-electron chi connectivity index (χ0n) is 14.3. The maximum Gasteiger partial charge on any atom is 0.0985 e. The fourth-order valence-corrected chi connectivity index (χ4v) is 3.21. The number of aromatic nitrogens is 1. The smallest absolute Gasteiger partial charge is 0.0985 e. The lowest BCUT2D eigenvalue weighted by Gasteiger charge is -2.27. The van der Waals surface area contributed by atoms with Crippen molar-refractivity contribution >= 4 is 11.3 Å². The Morgan fingerprint density at radius 1 is 1.25 bits per heavy atom. The molecule has 0 spiro atoms. The molecular weight excluding hydrogens is 268 g/mol. The van der Waals surface area contributed by atoms with Gasteiger partial charge in [-0.25, -0.2) is 4.98 Å². The SMILES string of the molecule is CCOC(C)(C)CNC(C)c1sc(C(C)(C)C)nc1C. The lowest BCUT2D eigenvalue weighted by molar-refractivity contribution is -0.0102. The molecule has 1 N–H and O–H groups in total. The molecule has 3 nitrogen and oxygen atoms in total. The van der Waals surface area contributed by atoms with E-state index in [1.807, 2.05) is 18.3 Å². The largest absolute Gasteiger partial charge is 0.375 e. The van der Waals surface area contributed by atoms with Crippen molar-refractivity contribution in [1.82, 2.24) is 10.3 Å². The molecule has 4 heteroatoms. The van der Waals surface area contributed by atoms with Gasteiger partial charge in [0.1, 0.15) is 0 Å². The summed E-state index contributed by atoms with van der Waals surface area (Å²) in [5, 5.41) is 4.79. The van der Waals surface area contributed by atoms with E-state index in [1.165, 1.54) is 9.88 Å². The van der Waals surface area contributed by atoms with E-state index in [-0.39, 0.29) is 11.0 Å². The molecule has 0 aromatic carbocycles. The summed E-state index contributed by atoms with van der Waals surface area (Å²) in [4.78, 5) is 6.07. The van der Waals surface area contributed by atoms with Gasteiger partial charge < -0.3 is 10.1 Å². The second-order valence-electron chi connectivity index (χ2n) is 7.01. The standard InChI is InChI=1S/C16H30N2OS/c1-9-19-16(7,8)10-17-11(2)13-12(3)18-14(20-13)15(4,5)6/h11,17H,9-10H2,1-8H3. The highest BCUT2D eigenvalue weighted by atomic mass is 32.1. The van der Waals surface area contributed by atoms with Crippen LogP contribution in [0.2, 0.25) is 0 Å². The van der Waals surface area contributed by atoms with Crippen LogP contribution in [0.3, 0.4) is 0 Å². The van der Waals surface area contributed by atoms with Crippen molar-refractivity contribution in [3.8, 4) is 0 Å². The Bertz CT molecular complexity index is 432. The van der Waals surface area contributed by atoms with Crippen molar-refractivity contribution in [2.24, 2.45) is 0 Å².